The van der Waals surface area contributed by atoms with Gasteiger partial charge in [0.25, 0.3) is 0 Å². The van der Waals surface area contributed by atoms with Crippen molar-refractivity contribution in [3.8, 4) is 0 Å². The predicted octanol–water partition coefficient (Wildman–Crippen LogP) is 4.82. The van der Waals surface area contributed by atoms with Crippen LogP contribution in [0.25, 0.3) is 0 Å². The molecule has 1 rings (SSSR count). The van der Waals surface area contributed by atoms with Gasteiger partial charge in [0, 0.05) is 23.9 Å². The second kappa shape index (κ2) is 4.78. The first-order valence-electron chi connectivity index (χ1n) is 6.46. The summed E-state index contributed by atoms with van der Waals surface area (Å²) in [6, 6.07) is 0. The van der Waals surface area contributed by atoms with Crippen molar-refractivity contribution in [3.05, 3.63) is 0 Å². The number of hydrogen-bond acceptors (Lipinski definition) is 1. The first kappa shape index (κ1) is 17.6. The average molecular weight is 305 g/mol. The Bertz CT molecular complexity index is 311. The highest BCUT2D eigenvalue weighted by atomic mass is 19.4. The van der Waals surface area contributed by atoms with E-state index in [0.717, 1.165) is 0 Å². The fraction of sp³-hybridized carbons (Fsp3) is 1.00. The van der Waals surface area contributed by atoms with Crippen LogP contribution in [-0.4, -0.2) is 23.4 Å². The van der Waals surface area contributed by atoms with Crippen LogP contribution in [0.2, 0.25) is 0 Å². The van der Waals surface area contributed by atoms with Crippen molar-refractivity contribution in [1.82, 2.24) is 5.32 Å². The molecule has 20 heavy (non-hydrogen) atoms. The molecule has 7 heteroatoms. The third-order valence-electron chi connectivity index (χ3n) is 3.46. The molecule has 0 aromatic carbocycles. The van der Waals surface area contributed by atoms with E-state index in [0.29, 0.717) is 0 Å². The SMILES string of the molecule is CC1(C)CC(CC(F)(F)F)(CC(F)(F)F)CC(C)(C)N1. The maximum Gasteiger partial charge on any atom is 0.389 e. The van der Waals surface area contributed by atoms with E-state index in [1.54, 1.807) is 27.7 Å². The Morgan fingerprint density at radius 1 is 0.750 bits per heavy atom. The maximum absolute atomic E-state index is 12.8. The molecular formula is C13H21F6N. The minimum Gasteiger partial charge on any atom is -0.307 e. The number of halogens is 6. The largest absolute Gasteiger partial charge is 0.389 e. The van der Waals surface area contributed by atoms with Crippen LogP contribution in [0.5, 0.6) is 0 Å². The van der Waals surface area contributed by atoms with Gasteiger partial charge in [-0.1, -0.05) is 0 Å². The predicted molar refractivity (Wildman–Crippen MR) is 64.3 cm³/mol. The Balaban J connectivity index is 3.15. The van der Waals surface area contributed by atoms with Crippen molar-refractivity contribution in [3.63, 3.8) is 0 Å². The van der Waals surface area contributed by atoms with E-state index in [-0.39, 0.29) is 12.8 Å². The molecule has 0 radical (unpaired) electrons. The van der Waals surface area contributed by atoms with Crippen LogP contribution in [0.1, 0.15) is 53.4 Å². The van der Waals surface area contributed by atoms with Crippen LogP contribution in [0, 0.1) is 5.41 Å². The zero-order valence-electron chi connectivity index (χ0n) is 12.1. The van der Waals surface area contributed by atoms with E-state index in [4.69, 9.17) is 0 Å². The number of piperidine rings is 1. The fourth-order valence-electron chi connectivity index (χ4n) is 4.10. The number of alkyl halides is 6. The molecular weight excluding hydrogens is 284 g/mol. The summed E-state index contributed by atoms with van der Waals surface area (Å²) < 4.78 is 76.7. The highest BCUT2D eigenvalue weighted by molar-refractivity contribution is 5.04. The average Bonchev–Trinajstić information content (AvgIpc) is 1.83. The van der Waals surface area contributed by atoms with Gasteiger partial charge in [0.15, 0.2) is 0 Å². The van der Waals surface area contributed by atoms with E-state index < -0.39 is 41.7 Å². The number of rotatable bonds is 2. The summed E-state index contributed by atoms with van der Waals surface area (Å²) in [7, 11) is 0. The quantitative estimate of drug-likeness (QED) is 0.721. The Kier molecular flexibility index (Phi) is 4.21. The second-order valence-corrected chi connectivity index (χ2v) is 7.33. The van der Waals surface area contributed by atoms with Crippen molar-refractivity contribution in [2.45, 2.75) is 76.8 Å². The molecule has 1 aliphatic rings. The summed E-state index contributed by atoms with van der Waals surface area (Å²) >= 11 is 0. The van der Waals surface area contributed by atoms with Crippen molar-refractivity contribution in [2.24, 2.45) is 5.41 Å². The van der Waals surface area contributed by atoms with Crippen LogP contribution in [-0.2, 0) is 0 Å². The lowest BCUT2D eigenvalue weighted by Gasteiger charge is -2.53. The summed E-state index contributed by atoms with van der Waals surface area (Å²) in [4.78, 5) is 0. The first-order chi connectivity index (χ1) is 8.54. The molecule has 1 heterocycles. The summed E-state index contributed by atoms with van der Waals surface area (Å²) in [5.74, 6) is 0. The maximum atomic E-state index is 12.8. The van der Waals surface area contributed by atoms with Crippen LogP contribution in [0.3, 0.4) is 0 Å². The summed E-state index contributed by atoms with van der Waals surface area (Å²) in [5, 5.41) is 3.12. The monoisotopic (exact) mass is 305 g/mol. The second-order valence-electron chi connectivity index (χ2n) is 7.33. The zero-order valence-corrected chi connectivity index (χ0v) is 12.1. The normalized spacial score (nSPS) is 25.5. The molecule has 0 saturated carbocycles. The molecule has 0 aliphatic carbocycles. The van der Waals surface area contributed by atoms with E-state index in [2.05, 4.69) is 5.32 Å². The summed E-state index contributed by atoms with van der Waals surface area (Å²) in [5.41, 5.74) is -3.33. The molecule has 1 nitrogen and oxygen atoms in total. The summed E-state index contributed by atoms with van der Waals surface area (Å²) in [6.07, 6.45) is -12.3. The van der Waals surface area contributed by atoms with E-state index in [1.165, 1.54) is 0 Å². The minimum atomic E-state index is -4.60. The van der Waals surface area contributed by atoms with E-state index in [9.17, 15) is 26.3 Å². The molecule has 1 saturated heterocycles. The molecule has 1 N–H and O–H groups in total. The molecule has 0 aromatic rings. The molecule has 120 valence electrons. The van der Waals surface area contributed by atoms with Gasteiger partial charge in [0.1, 0.15) is 0 Å². The molecule has 0 unspecified atom stereocenters. The first-order valence-corrected chi connectivity index (χ1v) is 6.46. The van der Waals surface area contributed by atoms with Gasteiger partial charge in [-0.25, -0.2) is 0 Å². The third kappa shape index (κ3) is 5.50. The lowest BCUT2D eigenvalue weighted by atomic mass is 9.62. The standard InChI is InChI=1S/C13H21F6N/c1-9(2)5-11(7-12(14,15)16,8-13(17,18)19)6-10(3,4)20-9/h20H,5-8H2,1-4H3. The van der Waals surface area contributed by atoms with Gasteiger partial charge in [-0.3, -0.25) is 0 Å². The minimum absolute atomic E-state index is 0.150. The Morgan fingerprint density at radius 2 is 1.05 bits per heavy atom. The molecule has 0 bridgehead atoms. The zero-order chi connectivity index (χ0) is 16.0. The topological polar surface area (TPSA) is 12.0 Å². The van der Waals surface area contributed by atoms with Crippen molar-refractivity contribution >= 4 is 0 Å². The van der Waals surface area contributed by atoms with Gasteiger partial charge in [-0.2, -0.15) is 26.3 Å². The van der Waals surface area contributed by atoms with E-state index >= 15 is 0 Å². The Morgan fingerprint density at radius 3 is 1.30 bits per heavy atom. The molecule has 1 fully saturated rings. The number of hydrogen-bond donors (Lipinski definition) is 1. The van der Waals surface area contributed by atoms with Crippen LogP contribution in [0.4, 0.5) is 26.3 Å². The van der Waals surface area contributed by atoms with Gasteiger partial charge < -0.3 is 5.32 Å². The Labute approximate surface area is 115 Å². The van der Waals surface area contributed by atoms with Crippen LogP contribution >= 0.6 is 0 Å². The van der Waals surface area contributed by atoms with Gasteiger partial charge in [0.2, 0.25) is 0 Å². The third-order valence-corrected chi connectivity index (χ3v) is 3.46. The van der Waals surface area contributed by atoms with Crippen LogP contribution < -0.4 is 5.32 Å². The molecule has 0 spiro atoms. The van der Waals surface area contributed by atoms with Crippen molar-refractivity contribution in [1.29, 1.82) is 0 Å². The van der Waals surface area contributed by atoms with Gasteiger partial charge >= 0.3 is 12.4 Å². The smallest absolute Gasteiger partial charge is 0.307 e. The molecule has 1 aliphatic heterocycles. The molecule has 0 atom stereocenters. The van der Waals surface area contributed by atoms with Crippen molar-refractivity contribution < 1.29 is 26.3 Å². The van der Waals surface area contributed by atoms with E-state index in [1.807, 2.05) is 0 Å². The van der Waals surface area contributed by atoms with Crippen LogP contribution in [0.15, 0.2) is 0 Å². The molecule has 0 amide bonds. The number of nitrogens with one attached hydrogen (secondary N) is 1. The highest BCUT2D eigenvalue weighted by Crippen LogP contribution is 2.53. The Hall–Kier alpha value is -0.460. The van der Waals surface area contributed by atoms with Gasteiger partial charge in [-0.05, 0) is 46.0 Å². The lowest BCUT2D eigenvalue weighted by molar-refractivity contribution is -0.209. The fourth-order valence-corrected chi connectivity index (χ4v) is 4.10. The lowest BCUT2D eigenvalue weighted by Crippen LogP contribution is -2.62. The van der Waals surface area contributed by atoms with Gasteiger partial charge in [-0.15, -0.1) is 0 Å². The van der Waals surface area contributed by atoms with Gasteiger partial charge in [0.05, 0.1) is 0 Å². The molecule has 0 aromatic heterocycles. The van der Waals surface area contributed by atoms with Crippen molar-refractivity contribution in [2.75, 3.05) is 0 Å². The summed E-state index contributed by atoms with van der Waals surface area (Å²) in [6.45, 7) is 6.59. The highest BCUT2D eigenvalue weighted by Gasteiger charge is 2.55.